The molecule has 1 amide bonds. The molecule has 1 atom stereocenters. The predicted octanol–water partition coefficient (Wildman–Crippen LogP) is 1.34. The van der Waals surface area contributed by atoms with Crippen LogP contribution in [0.4, 0.5) is 5.13 Å². The van der Waals surface area contributed by atoms with E-state index in [-0.39, 0.29) is 30.7 Å². The van der Waals surface area contributed by atoms with E-state index in [0.29, 0.717) is 5.91 Å². The van der Waals surface area contributed by atoms with Gasteiger partial charge < -0.3 is 15.1 Å². The maximum absolute atomic E-state index is 12.4. The molecule has 1 N–H and O–H groups in total. The molecule has 0 spiro atoms. The Hall–Kier alpha value is -0.630. The van der Waals surface area contributed by atoms with Gasteiger partial charge in [-0.2, -0.15) is 4.37 Å². The number of nitrogens with zero attached hydrogens (tertiary/aromatic N) is 4. The zero-order valence-corrected chi connectivity index (χ0v) is 15.1. The van der Waals surface area contributed by atoms with E-state index in [4.69, 9.17) is 0 Å². The molecule has 0 aromatic carbocycles. The van der Waals surface area contributed by atoms with Gasteiger partial charge in [-0.05, 0) is 26.3 Å². The summed E-state index contributed by atoms with van der Waals surface area (Å²) in [5.74, 6) is 1.33. The molecule has 3 heterocycles. The molecule has 1 aromatic rings. The van der Waals surface area contributed by atoms with Crippen molar-refractivity contribution < 1.29 is 4.79 Å². The van der Waals surface area contributed by atoms with E-state index in [2.05, 4.69) is 19.6 Å². The molecule has 2 aliphatic heterocycles. The number of hydrogen-bond donors (Lipinski definition) is 1. The number of carbonyl (C=O) groups is 1. The molecule has 6 nitrogen and oxygen atoms in total. The van der Waals surface area contributed by atoms with Gasteiger partial charge in [-0.15, -0.1) is 24.8 Å². The molecule has 0 aliphatic carbocycles. The van der Waals surface area contributed by atoms with E-state index in [1.807, 2.05) is 11.8 Å². The Bertz CT molecular complexity index is 473. The normalized spacial score (nSPS) is 21.8. The highest BCUT2D eigenvalue weighted by atomic mass is 35.5. The van der Waals surface area contributed by atoms with Crippen LogP contribution in [0.5, 0.6) is 0 Å². The number of nitrogens with one attached hydrogen (secondary N) is 1. The van der Waals surface area contributed by atoms with Crippen LogP contribution in [0.1, 0.15) is 18.7 Å². The molecule has 9 heteroatoms. The summed E-state index contributed by atoms with van der Waals surface area (Å²) in [5, 5.41) is 4.30. The lowest BCUT2D eigenvalue weighted by molar-refractivity contribution is -0.136. The summed E-state index contributed by atoms with van der Waals surface area (Å²) in [5.41, 5.74) is 0. The number of aromatic nitrogens is 2. The van der Waals surface area contributed by atoms with Crippen molar-refractivity contribution in [2.75, 3.05) is 44.2 Å². The van der Waals surface area contributed by atoms with Crippen LogP contribution in [-0.4, -0.2) is 59.4 Å². The minimum absolute atomic E-state index is 0. The van der Waals surface area contributed by atoms with Crippen molar-refractivity contribution in [2.24, 2.45) is 5.92 Å². The highest BCUT2D eigenvalue weighted by Crippen LogP contribution is 2.20. The largest absolute Gasteiger partial charge is 0.343 e. The van der Waals surface area contributed by atoms with Gasteiger partial charge in [-0.1, -0.05) is 0 Å². The number of aryl methyl sites for hydroxylation is 1. The molecule has 0 radical (unpaired) electrons. The van der Waals surface area contributed by atoms with Gasteiger partial charge in [-0.3, -0.25) is 4.79 Å². The third-order valence-corrected chi connectivity index (χ3v) is 4.89. The van der Waals surface area contributed by atoms with Gasteiger partial charge in [0.05, 0.1) is 5.92 Å². The lowest BCUT2D eigenvalue weighted by atomic mass is 9.98. The standard InChI is InChI=1S/C13H21N5OS.2ClH/c1-10-15-13(20-16-10)18-7-5-17(6-8-18)12(19)11-3-2-4-14-9-11;;/h11,14H,2-9H2,1H3;2*1H. The average molecular weight is 368 g/mol. The fraction of sp³-hybridized carbons (Fsp3) is 0.769. The van der Waals surface area contributed by atoms with Gasteiger partial charge in [0, 0.05) is 44.3 Å². The maximum Gasteiger partial charge on any atom is 0.227 e. The number of piperidine rings is 1. The minimum Gasteiger partial charge on any atom is -0.343 e. The number of amides is 1. The molecule has 3 rings (SSSR count). The van der Waals surface area contributed by atoms with Crippen molar-refractivity contribution in [2.45, 2.75) is 19.8 Å². The van der Waals surface area contributed by atoms with Crippen molar-refractivity contribution in [3.8, 4) is 0 Å². The van der Waals surface area contributed by atoms with Gasteiger partial charge in [0.25, 0.3) is 0 Å². The summed E-state index contributed by atoms with van der Waals surface area (Å²) in [6, 6.07) is 0. The second-order valence-electron chi connectivity index (χ2n) is 5.48. The molecule has 2 saturated heterocycles. The molecule has 1 aromatic heterocycles. The molecule has 0 saturated carbocycles. The Morgan fingerprint density at radius 2 is 2.00 bits per heavy atom. The van der Waals surface area contributed by atoms with Crippen LogP contribution in [-0.2, 0) is 4.79 Å². The third kappa shape index (κ3) is 4.44. The number of hydrogen-bond acceptors (Lipinski definition) is 6. The van der Waals surface area contributed by atoms with E-state index in [9.17, 15) is 4.79 Å². The highest BCUT2D eigenvalue weighted by Gasteiger charge is 2.29. The topological polar surface area (TPSA) is 61.4 Å². The first kappa shape index (κ1) is 19.4. The van der Waals surface area contributed by atoms with Crippen molar-refractivity contribution in [1.82, 2.24) is 19.6 Å². The molecule has 126 valence electrons. The zero-order chi connectivity index (χ0) is 13.9. The van der Waals surface area contributed by atoms with E-state index in [1.165, 1.54) is 11.5 Å². The highest BCUT2D eigenvalue weighted by molar-refractivity contribution is 7.09. The quantitative estimate of drug-likeness (QED) is 0.854. The Morgan fingerprint density at radius 1 is 1.27 bits per heavy atom. The SMILES string of the molecule is Cc1nsc(N2CCN(C(=O)C3CCCNC3)CC2)n1.Cl.Cl. The summed E-state index contributed by atoms with van der Waals surface area (Å²) in [4.78, 5) is 21.1. The smallest absolute Gasteiger partial charge is 0.227 e. The summed E-state index contributed by atoms with van der Waals surface area (Å²) < 4.78 is 4.22. The van der Waals surface area contributed by atoms with E-state index in [1.54, 1.807) is 0 Å². The number of carbonyl (C=O) groups excluding carboxylic acids is 1. The second kappa shape index (κ2) is 8.86. The first-order chi connectivity index (χ1) is 9.74. The zero-order valence-electron chi connectivity index (χ0n) is 12.7. The maximum atomic E-state index is 12.4. The molecule has 0 bridgehead atoms. The third-order valence-electron chi connectivity index (χ3n) is 4.02. The summed E-state index contributed by atoms with van der Waals surface area (Å²) >= 11 is 1.45. The monoisotopic (exact) mass is 367 g/mol. The van der Waals surface area contributed by atoms with Crippen LogP contribution in [0.15, 0.2) is 0 Å². The van der Waals surface area contributed by atoms with Crippen molar-refractivity contribution in [1.29, 1.82) is 0 Å². The van der Waals surface area contributed by atoms with E-state index < -0.39 is 0 Å². The Kier molecular flexibility index (Phi) is 7.82. The Balaban J connectivity index is 0.00000121. The fourth-order valence-corrected chi connectivity index (χ4v) is 3.58. The minimum atomic E-state index is 0. The van der Waals surface area contributed by atoms with Gasteiger partial charge in [0.1, 0.15) is 5.82 Å². The average Bonchev–Trinajstić information content (AvgIpc) is 2.94. The number of halogens is 2. The molecule has 2 fully saturated rings. The molecular weight excluding hydrogens is 345 g/mol. The number of piperazine rings is 1. The van der Waals surface area contributed by atoms with E-state index >= 15 is 0 Å². The number of rotatable bonds is 2. The van der Waals surface area contributed by atoms with Crippen molar-refractivity contribution >= 4 is 47.4 Å². The Labute approximate surface area is 147 Å². The lowest BCUT2D eigenvalue weighted by Gasteiger charge is -2.36. The summed E-state index contributed by atoms with van der Waals surface area (Å²) in [6.07, 6.45) is 2.14. The Morgan fingerprint density at radius 3 is 2.55 bits per heavy atom. The molecule has 1 unspecified atom stereocenters. The summed E-state index contributed by atoms with van der Waals surface area (Å²) in [6.45, 7) is 7.13. The van der Waals surface area contributed by atoms with E-state index in [0.717, 1.165) is 63.1 Å². The van der Waals surface area contributed by atoms with Crippen molar-refractivity contribution in [3.63, 3.8) is 0 Å². The molecular formula is C13H23Cl2N5OS. The second-order valence-corrected chi connectivity index (χ2v) is 6.21. The first-order valence-electron chi connectivity index (χ1n) is 7.29. The van der Waals surface area contributed by atoms with Gasteiger partial charge in [0.15, 0.2) is 0 Å². The first-order valence-corrected chi connectivity index (χ1v) is 8.06. The lowest BCUT2D eigenvalue weighted by Crippen LogP contribution is -2.52. The van der Waals surface area contributed by atoms with Gasteiger partial charge in [-0.25, -0.2) is 4.98 Å². The molecule has 22 heavy (non-hydrogen) atoms. The van der Waals surface area contributed by atoms with Gasteiger partial charge >= 0.3 is 0 Å². The fourth-order valence-electron chi connectivity index (χ4n) is 2.85. The predicted molar refractivity (Wildman–Crippen MR) is 93.5 cm³/mol. The van der Waals surface area contributed by atoms with Gasteiger partial charge in [0.2, 0.25) is 11.0 Å². The van der Waals surface area contributed by atoms with Crippen LogP contribution < -0.4 is 10.2 Å². The van der Waals surface area contributed by atoms with Crippen LogP contribution >= 0.6 is 36.3 Å². The number of anilines is 1. The van der Waals surface area contributed by atoms with Crippen LogP contribution in [0.2, 0.25) is 0 Å². The van der Waals surface area contributed by atoms with Crippen LogP contribution in [0, 0.1) is 12.8 Å². The van der Waals surface area contributed by atoms with Crippen LogP contribution in [0.25, 0.3) is 0 Å². The van der Waals surface area contributed by atoms with Crippen molar-refractivity contribution in [3.05, 3.63) is 5.82 Å². The van der Waals surface area contributed by atoms with Crippen LogP contribution in [0.3, 0.4) is 0 Å². The summed E-state index contributed by atoms with van der Waals surface area (Å²) in [7, 11) is 0. The molecule has 2 aliphatic rings.